The number of nitrogens with one attached hydrogen (secondary N) is 1. The van der Waals surface area contributed by atoms with Gasteiger partial charge in [-0.3, -0.25) is 9.69 Å². The van der Waals surface area contributed by atoms with Gasteiger partial charge in [0.1, 0.15) is 5.82 Å². The van der Waals surface area contributed by atoms with E-state index in [1.807, 2.05) is 24.6 Å². The number of hydrogen-bond donors (Lipinski definition) is 1. The lowest BCUT2D eigenvalue weighted by Gasteiger charge is -2.32. The van der Waals surface area contributed by atoms with Crippen molar-refractivity contribution in [2.24, 2.45) is 5.92 Å². The zero-order valence-corrected chi connectivity index (χ0v) is 16.8. The molecule has 6 nitrogen and oxygen atoms in total. The van der Waals surface area contributed by atoms with E-state index in [-0.39, 0.29) is 23.5 Å². The molecule has 0 radical (unpaired) electrons. The van der Waals surface area contributed by atoms with Crippen LogP contribution in [0, 0.1) is 11.7 Å². The van der Waals surface area contributed by atoms with Gasteiger partial charge < -0.3 is 10.1 Å². The van der Waals surface area contributed by atoms with Crippen molar-refractivity contribution in [3.05, 3.63) is 41.8 Å². The summed E-state index contributed by atoms with van der Waals surface area (Å²) in [5, 5.41) is 7.43. The van der Waals surface area contributed by atoms with E-state index in [2.05, 4.69) is 15.3 Å². The van der Waals surface area contributed by atoms with Gasteiger partial charge in [-0.25, -0.2) is 9.07 Å². The van der Waals surface area contributed by atoms with Crippen molar-refractivity contribution in [3.63, 3.8) is 0 Å². The van der Waals surface area contributed by atoms with Gasteiger partial charge in [0.25, 0.3) is 0 Å². The van der Waals surface area contributed by atoms with Crippen molar-refractivity contribution in [1.82, 2.24) is 14.7 Å². The van der Waals surface area contributed by atoms with Crippen LogP contribution in [0.5, 0.6) is 5.75 Å². The van der Waals surface area contributed by atoms with Crippen LogP contribution in [-0.2, 0) is 11.3 Å². The number of hydrogen-bond acceptors (Lipinski definition) is 4. The number of ether oxygens (including phenoxy) is 1. The molecule has 0 aliphatic carbocycles. The molecule has 1 aromatic heterocycles. The molecule has 152 valence electrons. The molecule has 0 spiro atoms. The van der Waals surface area contributed by atoms with Crippen molar-refractivity contribution in [1.29, 1.82) is 0 Å². The largest absolute Gasteiger partial charge is 0.494 e. The van der Waals surface area contributed by atoms with Gasteiger partial charge in [0.15, 0.2) is 11.6 Å². The zero-order chi connectivity index (χ0) is 20.1. The predicted octanol–water partition coefficient (Wildman–Crippen LogP) is 3.85. The van der Waals surface area contributed by atoms with E-state index in [0.29, 0.717) is 12.3 Å². The highest BCUT2D eigenvalue weighted by Gasteiger charge is 2.23. The van der Waals surface area contributed by atoms with E-state index < -0.39 is 0 Å². The lowest BCUT2D eigenvalue weighted by Crippen LogP contribution is -2.35. The van der Waals surface area contributed by atoms with Crippen molar-refractivity contribution < 1.29 is 13.9 Å². The van der Waals surface area contributed by atoms with E-state index >= 15 is 0 Å². The van der Waals surface area contributed by atoms with Gasteiger partial charge in [-0.15, -0.1) is 0 Å². The molecular weight excluding hydrogens is 359 g/mol. The molecule has 0 atom stereocenters. The summed E-state index contributed by atoms with van der Waals surface area (Å²) in [4.78, 5) is 14.4. The van der Waals surface area contributed by atoms with Crippen molar-refractivity contribution in [2.45, 2.75) is 45.7 Å². The van der Waals surface area contributed by atoms with Crippen LogP contribution in [0.15, 0.2) is 30.5 Å². The number of carbonyl (C=O) groups excluding carboxylic acids is 1. The lowest BCUT2D eigenvalue weighted by atomic mass is 10.0. The molecule has 1 N–H and O–H groups in total. The molecule has 2 aromatic rings. The molecule has 1 amide bonds. The number of anilines is 1. The smallest absolute Gasteiger partial charge is 0.225 e. The topological polar surface area (TPSA) is 59.4 Å². The number of likely N-dealkylation sites (tertiary alicyclic amines) is 1. The maximum atomic E-state index is 13.6. The fourth-order valence-electron chi connectivity index (χ4n) is 3.65. The Bertz CT molecular complexity index is 797. The Morgan fingerprint density at radius 2 is 2.07 bits per heavy atom. The number of carbonyl (C=O) groups is 1. The SMILES string of the molecule is COc1cc(CN2CCC(n3nccc3NC(=O)CC(C)C)CC2)ccc1F. The monoisotopic (exact) mass is 388 g/mol. The van der Waals surface area contributed by atoms with Gasteiger partial charge in [-0.2, -0.15) is 5.10 Å². The summed E-state index contributed by atoms with van der Waals surface area (Å²) in [7, 11) is 1.48. The van der Waals surface area contributed by atoms with Gasteiger partial charge in [0, 0.05) is 32.1 Å². The molecule has 7 heteroatoms. The molecule has 3 rings (SSSR count). The summed E-state index contributed by atoms with van der Waals surface area (Å²) >= 11 is 0. The van der Waals surface area contributed by atoms with Crippen molar-refractivity contribution in [2.75, 3.05) is 25.5 Å². The number of methoxy groups -OCH3 is 1. The lowest BCUT2D eigenvalue weighted by molar-refractivity contribution is -0.116. The van der Waals surface area contributed by atoms with Crippen molar-refractivity contribution >= 4 is 11.7 Å². The van der Waals surface area contributed by atoms with Crippen LogP contribution in [0.4, 0.5) is 10.2 Å². The number of aromatic nitrogens is 2. The molecule has 1 aliphatic rings. The Hall–Kier alpha value is -2.41. The average molecular weight is 388 g/mol. The fraction of sp³-hybridized carbons (Fsp3) is 0.524. The van der Waals surface area contributed by atoms with E-state index in [1.54, 1.807) is 18.3 Å². The highest BCUT2D eigenvalue weighted by molar-refractivity contribution is 5.89. The highest BCUT2D eigenvalue weighted by Crippen LogP contribution is 2.27. The number of halogens is 1. The third kappa shape index (κ3) is 5.10. The normalized spacial score (nSPS) is 15.8. The van der Waals surface area contributed by atoms with Crippen LogP contribution in [0.2, 0.25) is 0 Å². The van der Waals surface area contributed by atoms with Gasteiger partial charge in [0.2, 0.25) is 5.91 Å². The Balaban J connectivity index is 1.56. The molecule has 0 bridgehead atoms. The predicted molar refractivity (Wildman–Crippen MR) is 107 cm³/mol. The maximum absolute atomic E-state index is 13.6. The fourth-order valence-corrected chi connectivity index (χ4v) is 3.65. The summed E-state index contributed by atoms with van der Waals surface area (Å²) < 4.78 is 20.6. The van der Waals surface area contributed by atoms with Gasteiger partial charge >= 0.3 is 0 Å². The Labute approximate surface area is 165 Å². The second-order valence-corrected chi connectivity index (χ2v) is 7.78. The molecule has 0 unspecified atom stereocenters. The Morgan fingerprint density at radius 1 is 1.32 bits per heavy atom. The van der Waals surface area contributed by atoms with Crippen LogP contribution < -0.4 is 10.1 Å². The third-order valence-corrected chi connectivity index (χ3v) is 5.06. The molecule has 1 aromatic carbocycles. The number of nitrogens with zero attached hydrogens (tertiary/aromatic N) is 3. The summed E-state index contributed by atoms with van der Waals surface area (Å²) in [6, 6.07) is 7.15. The first-order valence-electron chi connectivity index (χ1n) is 9.84. The first-order chi connectivity index (χ1) is 13.5. The molecular formula is C21H29FN4O2. The second-order valence-electron chi connectivity index (χ2n) is 7.78. The molecule has 2 heterocycles. The van der Waals surface area contributed by atoms with Crippen LogP contribution in [0.1, 0.15) is 44.7 Å². The van der Waals surface area contributed by atoms with Gasteiger partial charge in [-0.05, 0) is 36.5 Å². The highest BCUT2D eigenvalue weighted by atomic mass is 19.1. The third-order valence-electron chi connectivity index (χ3n) is 5.06. The average Bonchev–Trinajstić information content (AvgIpc) is 3.11. The molecule has 1 saturated heterocycles. The van der Waals surface area contributed by atoms with E-state index in [4.69, 9.17) is 4.74 Å². The number of rotatable bonds is 7. The quantitative estimate of drug-likeness (QED) is 0.783. The molecule has 1 fully saturated rings. The van der Waals surface area contributed by atoms with E-state index in [0.717, 1.165) is 43.9 Å². The Morgan fingerprint density at radius 3 is 2.75 bits per heavy atom. The van der Waals surface area contributed by atoms with Gasteiger partial charge in [0.05, 0.1) is 19.3 Å². The van der Waals surface area contributed by atoms with E-state index in [1.165, 1.54) is 13.2 Å². The zero-order valence-electron chi connectivity index (χ0n) is 16.8. The minimum atomic E-state index is -0.337. The number of amides is 1. The maximum Gasteiger partial charge on any atom is 0.225 e. The van der Waals surface area contributed by atoms with Crippen molar-refractivity contribution in [3.8, 4) is 5.75 Å². The Kier molecular flexibility index (Phi) is 6.67. The summed E-state index contributed by atoms with van der Waals surface area (Å²) in [6.07, 6.45) is 4.15. The van der Waals surface area contributed by atoms with Gasteiger partial charge in [-0.1, -0.05) is 19.9 Å². The number of benzene rings is 1. The first kappa shape index (κ1) is 20.3. The number of piperidine rings is 1. The first-order valence-corrected chi connectivity index (χ1v) is 9.84. The van der Waals surface area contributed by atoms with Crippen LogP contribution in [0.3, 0.4) is 0 Å². The molecule has 28 heavy (non-hydrogen) atoms. The summed E-state index contributed by atoms with van der Waals surface area (Å²) in [5.74, 6) is 1.07. The second kappa shape index (κ2) is 9.19. The van der Waals surface area contributed by atoms with Crippen LogP contribution in [-0.4, -0.2) is 40.8 Å². The minimum Gasteiger partial charge on any atom is -0.494 e. The summed E-state index contributed by atoms with van der Waals surface area (Å²) in [6.45, 7) is 6.67. The minimum absolute atomic E-state index is 0.0273. The van der Waals surface area contributed by atoms with Crippen LogP contribution in [0.25, 0.3) is 0 Å². The molecule has 1 aliphatic heterocycles. The molecule has 0 saturated carbocycles. The summed E-state index contributed by atoms with van der Waals surface area (Å²) in [5.41, 5.74) is 1.04. The standard InChI is InChI=1S/C21H29FN4O2/c1-15(2)12-21(27)24-20-6-9-23-26(20)17-7-10-25(11-8-17)14-16-4-5-18(22)19(13-16)28-3/h4-6,9,13,15,17H,7-8,10-12,14H2,1-3H3,(H,24,27). The van der Waals surface area contributed by atoms with Crippen LogP contribution >= 0.6 is 0 Å². The van der Waals surface area contributed by atoms with E-state index in [9.17, 15) is 9.18 Å².